The summed E-state index contributed by atoms with van der Waals surface area (Å²) >= 11 is 3.41. The van der Waals surface area contributed by atoms with Crippen LogP contribution in [0.5, 0.6) is 0 Å². The Bertz CT molecular complexity index is 707. The van der Waals surface area contributed by atoms with Gasteiger partial charge in [-0.1, -0.05) is 0 Å². The Morgan fingerprint density at radius 2 is 2.17 bits per heavy atom. The van der Waals surface area contributed by atoms with Crippen molar-refractivity contribution in [3.63, 3.8) is 0 Å². The number of nitrogens with one attached hydrogen (secondary N) is 2. The summed E-state index contributed by atoms with van der Waals surface area (Å²) in [5.41, 5.74) is 0.603. The van der Waals surface area contributed by atoms with Gasteiger partial charge in [-0.25, -0.2) is 4.68 Å². The molecule has 0 atom stereocenters. The van der Waals surface area contributed by atoms with Gasteiger partial charge in [-0.15, -0.1) is 12.4 Å². The number of piperidine rings is 1. The maximum Gasteiger partial charge on any atom is 0.274 e. The van der Waals surface area contributed by atoms with Crippen LogP contribution in [0.25, 0.3) is 0 Å². The molecule has 3 rings (SSSR count). The van der Waals surface area contributed by atoms with E-state index in [9.17, 15) is 4.79 Å². The standard InChI is InChI=1S/C15H21BrN6O.ClH/c1-3-22-9-11(16)8-12(22)14(23)19-15-18-13(20-21(15)2)10-4-6-17-7-5-10;/h8-10,17H,3-7H2,1-2H3,(H,18,19,20,23);1H. The van der Waals surface area contributed by atoms with Crippen LogP contribution in [-0.2, 0) is 13.6 Å². The van der Waals surface area contributed by atoms with Gasteiger partial charge in [0.25, 0.3) is 5.91 Å². The first-order chi connectivity index (χ1) is 11.1. The molecule has 2 N–H and O–H groups in total. The zero-order chi connectivity index (χ0) is 16.4. The molecule has 0 unspecified atom stereocenters. The third-order valence-electron chi connectivity index (χ3n) is 4.15. The van der Waals surface area contributed by atoms with Crippen LogP contribution in [0.4, 0.5) is 5.95 Å². The summed E-state index contributed by atoms with van der Waals surface area (Å²) in [5.74, 6) is 1.49. The highest BCUT2D eigenvalue weighted by molar-refractivity contribution is 9.10. The fourth-order valence-corrected chi connectivity index (χ4v) is 3.32. The lowest BCUT2D eigenvalue weighted by molar-refractivity contribution is 0.101. The topological polar surface area (TPSA) is 76.8 Å². The molecule has 132 valence electrons. The monoisotopic (exact) mass is 416 g/mol. The third kappa shape index (κ3) is 3.99. The number of nitrogens with zero attached hydrogens (tertiary/aromatic N) is 4. The van der Waals surface area contributed by atoms with Gasteiger partial charge in [-0.2, -0.15) is 10.1 Å². The van der Waals surface area contributed by atoms with Crippen LogP contribution in [0.2, 0.25) is 0 Å². The number of anilines is 1. The van der Waals surface area contributed by atoms with E-state index in [1.54, 1.807) is 4.68 Å². The normalized spacial score (nSPS) is 15.1. The Balaban J connectivity index is 0.00000208. The summed E-state index contributed by atoms with van der Waals surface area (Å²) in [4.78, 5) is 17.0. The van der Waals surface area contributed by atoms with Crippen molar-refractivity contribution in [1.29, 1.82) is 0 Å². The van der Waals surface area contributed by atoms with E-state index in [2.05, 4.69) is 36.6 Å². The summed E-state index contributed by atoms with van der Waals surface area (Å²) in [5, 5.41) is 10.7. The minimum atomic E-state index is -0.176. The number of halogens is 2. The Hall–Kier alpha value is -1.38. The van der Waals surface area contributed by atoms with Crippen molar-refractivity contribution in [2.24, 2.45) is 7.05 Å². The van der Waals surface area contributed by atoms with Crippen molar-refractivity contribution in [2.45, 2.75) is 32.2 Å². The van der Waals surface area contributed by atoms with E-state index >= 15 is 0 Å². The number of aromatic nitrogens is 4. The van der Waals surface area contributed by atoms with E-state index in [0.29, 0.717) is 17.6 Å². The van der Waals surface area contributed by atoms with Gasteiger partial charge in [0.2, 0.25) is 5.95 Å². The molecule has 0 radical (unpaired) electrons. The zero-order valence-corrected chi connectivity index (χ0v) is 16.2. The third-order valence-corrected chi connectivity index (χ3v) is 4.58. The fourth-order valence-electron chi connectivity index (χ4n) is 2.86. The molecule has 7 nitrogen and oxygen atoms in total. The van der Waals surface area contributed by atoms with Crippen molar-refractivity contribution in [2.75, 3.05) is 18.4 Å². The Morgan fingerprint density at radius 1 is 1.46 bits per heavy atom. The molecule has 1 aliphatic heterocycles. The van der Waals surface area contributed by atoms with Gasteiger partial charge in [-0.3, -0.25) is 10.1 Å². The molecule has 24 heavy (non-hydrogen) atoms. The molecule has 0 saturated carbocycles. The van der Waals surface area contributed by atoms with Gasteiger partial charge in [0, 0.05) is 30.2 Å². The summed E-state index contributed by atoms with van der Waals surface area (Å²) < 4.78 is 4.42. The highest BCUT2D eigenvalue weighted by Gasteiger charge is 2.22. The Labute approximate surface area is 155 Å². The van der Waals surface area contributed by atoms with Crippen LogP contribution in [0.3, 0.4) is 0 Å². The summed E-state index contributed by atoms with van der Waals surface area (Å²) in [6.07, 6.45) is 3.96. The summed E-state index contributed by atoms with van der Waals surface area (Å²) in [6.45, 7) is 4.71. The SMILES string of the molecule is CCn1cc(Br)cc1C(=O)Nc1nc(C2CCNCC2)nn1C.Cl. The van der Waals surface area contributed by atoms with E-state index in [0.717, 1.165) is 42.8 Å². The predicted octanol–water partition coefficient (Wildman–Crippen LogP) is 2.54. The molecule has 1 saturated heterocycles. The van der Waals surface area contributed by atoms with Gasteiger partial charge in [0.15, 0.2) is 5.82 Å². The van der Waals surface area contributed by atoms with Crippen molar-refractivity contribution < 1.29 is 4.79 Å². The van der Waals surface area contributed by atoms with Crippen LogP contribution >= 0.6 is 28.3 Å². The van der Waals surface area contributed by atoms with Crippen molar-refractivity contribution in [3.8, 4) is 0 Å². The highest BCUT2D eigenvalue weighted by Crippen LogP contribution is 2.23. The Kier molecular flexibility index (Phi) is 6.42. The smallest absolute Gasteiger partial charge is 0.274 e. The van der Waals surface area contributed by atoms with Gasteiger partial charge in [0.05, 0.1) is 0 Å². The van der Waals surface area contributed by atoms with E-state index in [1.807, 2.05) is 30.8 Å². The van der Waals surface area contributed by atoms with Crippen molar-refractivity contribution in [1.82, 2.24) is 24.6 Å². The second kappa shape index (κ2) is 8.13. The molecule has 0 bridgehead atoms. The molecule has 1 fully saturated rings. The predicted molar refractivity (Wildman–Crippen MR) is 98.9 cm³/mol. The Morgan fingerprint density at radius 3 is 2.83 bits per heavy atom. The van der Waals surface area contributed by atoms with Crippen molar-refractivity contribution >= 4 is 40.2 Å². The number of hydrogen-bond acceptors (Lipinski definition) is 4. The molecule has 2 aromatic rings. The van der Waals surface area contributed by atoms with E-state index < -0.39 is 0 Å². The van der Waals surface area contributed by atoms with E-state index in [4.69, 9.17) is 0 Å². The van der Waals surface area contributed by atoms with Crippen LogP contribution in [0.1, 0.15) is 42.0 Å². The fraction of sp³-hybridized carbons (Fsp3) is 0.533. The van der Waals surface area contributed by atoms with Gasteiger partial charge in [-0.05, 0) is 54.9 Å². The molecular formula is C15H22BrClN6O. The molecule has 0 aliphatic carbocycles. The minimum absolute atomic E-state index is 0. The lowest BCUT2D eigenvalue weighted by Gasteiger charge is -2.19. The molecule has 0 spiro atoms. The second-order valence-electron chi connectivity index (χ2n) is 5.73. The number of hydrogen-bond donors (Lipinski definition) is 2. The first-order valence-electron chi connectivity index (χ1n) is 7.87. The van der Waals surface area contributed by atoms with Crippen LogP contribution in [0.15, 0.2) is 16.7 Å². The first kappa shape index (κ1) is 19.0. The van der Waals surface area contributed by atoms with Gasteiger partial charge < -0.3 is 9.88 Å². The number of aryl methyl sites for hydroxylation is 2. The quantitative estimate of drug-likeness (QED) is 0.801. The second-order valence-corrected chi connectivity index (χ2v) is 6.64. The van der Waals surface area contributed by atoms with Gasteiger partial charge in [0.1, 0.15) is 5.69 Å². The van der Waals surface area contributed by atoms with Crippen LogP contribution in [0, 0.1) is 0 Å². The lowest BCUT2D eigenvalue weighted by Crippen LogP contribution is -2.27. The molecule has 3 heterocycles. The molecule has 0 aromatic carbocycles. The highest BCUT2D eigenvalue weighted by atomic mass is 79.9. The van der Waals surface area contributed by atoms with E-state index in [-0.39, 0.29) is 18.3 Å². The largest absolute Gasteiger partial charge is 0.343 e. The zero-order valence-electron chi connectivity index (χ0n) is 13.8. The summed E-state index contributed by atoms with van der Waals surface area (Å²) in [7, 11) is 1.81. The molecule has 1 aliphatic rings. The minimum Gasteiger partial charge on any atom is -0.343 e. The first-order valence-corrected chi connectivity index (χ1v) is 8.66. The van der Waals surface area contributed by atoms with Crippen LogP contribution in [-0.4, -0.2) is 38.3 Å². The average Bonchev–Trinajstić information content (AvgIpc) is 3.11. The van der Waals surface area contributed by atoms with E-state index in [1.165, 1.54) is 0 Å². The molecular weight excluding hydrogens is 396 g/mol. The van der Waals surface area contributed by atoms with Crippen LogP contribution < -0.4 is 10.6 Å². The maximum absolute atomic E-state index is 12.5. The molecule has 1 amide bonds. The average molecular weight is 418 g/mol. The summed E-state index contributed by atoms with van der Waals surface area (Å²) in [6, 6.07) is 1.81. The maximum atomic E-state index is 12.5. The number of carbonyl (C=O) groups excluding carboxylic acids is 1. The lowest BCUT2D eigenvalue weighted by atomic mass is 9.98. The van der Waals surface area contributed by atoms with Gasteiger partial charge >= 0.3 is 0 Å². The molecule has 9 heteroatoms. The molecule has 2 aromatic heterocycles. The number of carbonyl (C=O) groups is 1. The van der Waals surface area contributed by atoms with Crippen molar-refractivity contribution in [3.05, 3.63) is 28.3 Å². The number of rotatable bonds is 4. The number of amides is 1.